The summed E-state index contributed by atoms with van der Waals surface area (Å²) in [5, 5.41) is 0.457. The van der Waals surface area contributed by atoms with Gasteiger partial charge in [-0.05, 0) is 44.2 Å². The van der Waals surface area contributed by atoms with Crippen molar-refractivity contribution in [2.75, 3.05) is 0 Å². The number of esters is 1. The third kappa shape index (κ3) is 5.39. The molecule has 1 atom stereocenters. The monoisotopic (exact) mass is 372 g/mol. The van der Waals surface area contributed by atoms with Crippen LogP contribution in [0.4, 0.5) is 13.2 Å². The second kappa shape index (κ2) is 7.78. The number of hydrogen-bond acceptors (Lipinski definition) is 3. The third-order valence-electron chi connectivity index (χ3n) is 3.15. The average molecular weight is 373 g/mol. The molecule has 0 aliphatic rings. The number of ether oxygens (including phenoxy) is 2. The standard InChI is InChI=1S/C18H16ClF3O3/c1-11(2)24-17(23)16(12-6-8-14(19)9-7-12)25-15-5-3-4-13(10-15)18(20,21)22/h3-11,16H,1-2H3. The van der Waals surface area contributed by atoms with Crippen LogP contribution in [-0.2, 0) is 15.7 Å². The maximum Gasteiger partial charge on any atom is 0.416 e. The van der Waals surface area contributed by atoms with Crippen LogP contribution in [0.2, 0.25) is 5.02 Å². The highest BCUT2D eigenvalue weighted by Crippen LogP contribution is 2.33. The van der Waals surface area contributed by atoms with Gasteiger partial charge < -0.3 is 9.47 Å². The Morgan fingerprint density at radius 2 is 1.72 bits per heavy atom. The lowest BCUT2D eigenvalue weighted by Crippen LogP contribution is -2.24. The highest BCUT2D eigenvalue weighted by molar-refractivity contribution is 6.30. The first-order valence-corrected chi connectivity index (χ1v) is 7.84. The number of benzene rings is 2. The molecule has 0 fully saturated rings. The molecule has 3 nitrogen and oxygen atoms in total. The molecule has 1 unspecified atom stereocenters. The molecule has 2 aromatic carbocycles. The first kappa shape index (κ1) is 19.1. The van der Waals surface area contributed by atoms with Crippen LogP contribution in [0.25, 0.3) is 0 Å². The van der Waals surface area contributed by atoms with Crippen molar-refractivity contribution in [2.24, 2.45) is 0 Å². The second-order valence-corrected chi connectivity index (χ2v) is 6.00. The van der Waals surface area contributed by atoms with Gasteiger partial charge in [0.15, 0.2) is 0 Å². The van der Waals surface area contributed by atoms with E-state index in [0.717, 1.165) is 12.1 Å². The third-order valence-corrected chi connectivity index (χ3v) is 3.41. The molecule has 0 N–H and O–H groups in total. The summed E-state index contributed by atoms with van der Waals surface area (Å²) in [6.07, 6.45) is -6.11. The summed E-state index contributed by atoms with van der Waals surface area (Å²) < 4.78 is 49.2. The number of carbonyl (C=O) groups excluding carboxylic acids is 1. The van der Waals surface area contributed by atoms with E-state index in [1.807, 2.05) is 0 Å². The molecule has 2 rings (SSSR count). The van der Waals surface area contributed by atoms with Gasteiger partial charge in [0.25, 0.3) is 0 Å². The molecule has 0 amide bonds. The van der Waals surface area contributed by atoms with Crippen molar-refractivity contribution >= 4 is 17.6 Å². The van der Waals surface area contributed by atoms with E-state index in [0.29, 0.717) is 10.6 Å². The van der Waals surface area contributed by atoms with Crippen LogP contribution in [0.5, 0.6) is 5.75 Å². The van der Waals surface area contributed by atoms with Gasteiger partial charge in [-0.2, -0.15) is 13.2 Å². The zero-order valence-corrected chi connectivity index (χ0v) is 14.3. The lowest BCUT2D eigenvalue weighted by Gasteiger charge is -2.20. The Hall–Kier alpha value is -2.21. The molecule has 0 bridgehead atoms. The lowest BCUT2D eigenvalue weighted by molar-refractivity contribution is -0.156. The minimum Gasteiger partial charge on any atom is -0.474 e. The zero-order valence-electron chi connectivity index (χ0n) is 13.5. The fourth-order valence-corrected chi connectivity index (χ4v) is 2.19. The molecule has 0 radical (unpaired) electrons. The van der Waals surface area contributed by atoms with E-state index in [-0.39, 0.29) is 5.75 Å². The van der Waals surface area contributed by atoms with Gasteiger partial charge in [-0.25, -0.2) is 4.79 Å². The SMILES string of the molecule is CC(C)OC(=O)C(Oc1cccc(C(F)(F)F)c1)c1ccc(Cl)cc1. The van der Waals surface area contributed by atoms with E-state index in [4.69, 9.17) is 21.1 Å². The number of hydrogen-bond donors (Lipinski definition) is 0. The fraction of sp³-hybridized carbons (Fsp3) is 0.278. The summed E-state index contributed by atoms with van der Waals surface area (Å²) >= 11 is 5.83. The maximum absolute atomic E-state index is 12.8. The first-order valence-electron chi connectivity index (χ1n) is 7.46. The number of alkyl halides is 3. The molecular formula is C18H16ClF3O3. The summed E-state index contributed by atoms with van der Waals surface area (Å²) in [6.45, 7) is 3.34. The average Bonchev–Trinajstić information content (AvgIpc) is 2.52. The molecule has 134 valence electrons. The molecule has 0 saturated carbocycles. The Kier molecular flexibility index (Phi) is 5.95. The van der Waals surface area contributed by atoms with Crippen molar-refractivity contribution in [1.29, 1.82) is 0 Å². The van der Waals surface area contributed by atoms with Crippen LogP contribution >= 0.6 is 11.6 Å². The van der Waals surface area contributed by atoms with Crippen molar-refractivity contribution in [2.45, 2.75) is 32.2 Å². The molecule has 0 saturated heterocycles. The lowest BCUT2D eigenvalue weighted by atomic mass is 10.1. The quantitative estimate of drug-likeness (QED) is 0.656. The molecule has 0 aromatic heterocycles. The van der Waals surface area contributed by atoms with E-state index in [2.05, 4.69) is 0 Å². The molecule has 0 aliphatic carbocycles. The van der Waals surface area contributed by atoms with Gasteiger partial charge in [-0.15, -0.1) is 0 Å². The van der Waals surface area contributed by atoms with Crippen molar-refractivity contribution in [3.63, 3.8) is 0 Å². The fourth-order valence-electron chi connectivity index (χ4n) is 2.07. The Morgan fingerprint density at radius 3 is 2.28 bits per heavy atom. The Bertz CT molecular complexity index is 727. The molecule has 0 heterocycles. The Morgan fingerprint density at radius 1 is 1.08 bits per heavy atom. The molecule has 0 aliphatic heterocycles. The number of rotatable bonds is 5. The summed E-state index contributed by atoms with van der Waals surface area (Å²) in [7, 11) is 0. The van der Waals surface area contributed by atoms with Crippen molar-refractivity contribution in [3.05, 3.63) is 64.7 Å². The Balaban J connectivity index is 2.33. The molecule has 2 aromatic rings. The van der Waals surface area contributed by atoms with Gasteiger partial charge in [0, 0.05) is 10.6 Å². The van der Waals surface area contributed by atoms with Crippen LogP contribution in [0.1, 0.15) is 31.1 Å². The van der Waals surface area contributed by atoms with E-state index in [9.17, 15) is 18.0 Å². The minimum atomic E-state index is -4.51. The highest BCUT2D eigenvalue weighted by atomic mass is 35.5. The van der Waals surface area contributed by atoms with Gasteiger partial charge in [0.1, 0.15) is 5.75 Å². The van der Waals surface area contributed by atoms with Crippen LogP contribution < -0.4 is 4.74 Å². The maximum atomic E-state index is 12.8. The summed E-state index contributed by atoms with van der Waals surface area (Å²) in [4.78, 5) is 12.3. The topological polar surface area (TPSA) is 35.5 Å². The van der Waals surface area contributed by atoms with E-state index in [1.165, 1.54) is 12.1 Å². The van der Waals surface area contributed by atoms with E-state index < -0.39 is 29.9 Å². The first-order chi connectivity index (χ1) is 11.7. The summed E-state index contributed by atoms with van der Waals surface area (Å²) in [5.74, 6) is -0.787. The van der Waals surface area contributed by atoms with Crippen LogP contribution in [0.3, 0.4) is 0 Å². The van der Waals surface area contributed by atoms with Gasteiger partial charge in [0.2, 0.25) is 6.10 Å². The van der Waals surface area contributed by atoms with Gasteiger partial charge in [-0.3, -0.25) is 0 Å². The predicted molar refractivity (Wildman–Crippen MR) is 87.5 cm³/mol. The van der Waals surface area contributed by atoms with Crippen molar-refractivity contribution in [3.8, 4) is 5.75 Å². The van der Waals surface area contributed by atoms with Gasteiger partial charge in [0.05, 0.1) is 11.7 Å². The molecule has 7 heteroatoms. The van der Waals surface area contributed by atoms with E-state index >= 15 is 0 Å². The summed E-state index contributed by atoms with van der Waals surface area (Å²) in [6, 6.07) is 10.6. The van der Waals surface area contributed by atoms with Crippen LogP contribution in [0, 0.1) is 0 Å². The van der Waals surface area contributed by atoms with Gasteiger partial charge >= 0.3 is 12.1 Å². The van der Waals surface area contributed by atoms with Crippen LogP contribution in [0.15, 0.2) is 48.5 Å². The Labute approximate surface area is 148 Å². The van der Waals surface area contributed by atoms with Crippen LogP contribution in [-0.4, -0.2) is 12.1 Å². The van der Waals surface area contributed by atoms with Gasteiger partial charge in [-0.1, -0.05) is 29.8 Å². The molecule has 0 spiro atoms. The largest absolute Gasteiger partial charge is 0.474 e. The smallest absolute Gasteiger partial charge is 0.416 e. The minimum absolute atomic E-state index is 0.0875. The number of carbonyl (C=O) groups is 1. The highest BCUT2D eigenvalue weighted by Gasteiger charge is 2.31. The van der Waals surface area contributed by atoms with Crippen molar-refractivity contribution in [1.82, 2.24) is 0 Å². The number of halogens is 4. The van der Waals surface area contributed by atoms with Crippen molar-refractivity contribution < 1.29 is 27.4 Å². The zero-order chi connectivity index (χ0) is 18.6. The second-order valence-electron chi connectivity index (χ2n) is 5.56. The normalized spacial score (nSPS) is 12.8. The molecular weight excluding hydrogens is 357 g/mol. The molecule has 25 heavy (non-hydrogen) atoms. The van der Waals surface area contributed by atoms with E-state index in [1.54, 1.807) is 38.1 Å². The predicted octanol–water partition coefficient (Wildman–Crippen LogP) is 5.43. The summed E-state index contributed by atoms with van der Waals surface area (Å²) in [5.41, 5.74) is -0.440.